The Balaban J connectivity index is 2.04. The maximum atomic E-state index is 6.03. The van der Waals surface area contributed by atoms with Crippen molar-refractivity contribution < 1.29 is 4.74 Å². The van der Waals surface area contributed by atoms with Gasteiger partial charge in [0, 0.05) is 6.20 Å². The van der Waals surface area contributed by atoms with E-state index in [0.29, 0.717) is 6.10 Å². The molecule has 1 aliphatic carbocycles. The second kappa shape index (κ2) is 5.38. The fourth-order valence-electron chi connectivity index (χ4n) is 2.36. The van der Waals surface area contributed by atoms with E-state index in [-0.39, 0.29) is 0 Å². The van der Waals surface area contributed by atoms with Crippen molar-refractivity contribution >= 4 is 15.9 Å². The highest BCUT2D eigenvalue weighted by molar-refractivity contribution is 9.10. The van der Waals surface area contributed by atoms with Crippen LogP contribution in [0.2, 0.25) is 0 Å². The fraction of sp³-hybridized carbons (Fsp3) is 0.643. The molecule has 3 heteroatoms. The van der Waals surface area contributed by atoms with Crippen molar-refractivity contribution in [3.05, 3.63) is 22.3 Å². The number of halogens is 1. The smallest absolute Gasteiger partial charge is 0.228 e. The van der Waals surface area contributed by atoms with Crippen LogP contribution in [-0.2, 0) is 0 Å². The minimum Gasteiger partial charge on any atom is -0.474 e. The van der Waals surface area contributed by atoms with E-state index in [4.69, 9.17) is 4.74 Å². The number of aryl methyl sites for hydroxylation is 1. The Morgan fingerprint density at radius 3 is 2.76 bits per heavy atom. The van der Waals surface area contributed by atoms with Crippen molar-refractivity contribution in [1.82, 2.24) is 4.98 Å². The summed E-state index contributed by atoms with van der Waals surface area (Å²) < 4.78 is 7.02. The first-order valence-corrected chi connectivity index (χ1v) is 7.15. The standard InChI is InChI=1S/C14H20BrNO/c1-9-4-5-12(8-11(9)3)17-14-13(15)10(2)6-7-16-14/h6-7,9,11-12H,4-5,8H2,1-3H3. The van der Waals surface area contributed by atoms with Gasteiger partial charge in [-0.25, -0.2) is 4.98 Å². The van der Waals surface area contributed by atoms with Crippen LogP contribution in [0.3, 0.4) is 0 Å². The number of ether oxygens (including phenoxy) is 1. The number of nitrogens with zero attached hydrogens (tertiary/aromatic N) is 1. The summed E-state index contributed by atoms with van der Waals surface area (Å²) in [7, 11) is 0. The first-order chi connectivity index (χ1) is 8.08. The molecular formula is C14H20BrNO. The normalized spacial score (nSPS) is 29.1. The first-order valence-electron chi connectivity index (χ1n) is 6.35. The Bertz CT molecular complexity index is 394. The van der Waals surface area contributed by atoms with Crippen molar-refractivity contribution in [1.29, 1.82) is 0 Å². The summed E-state index contributed by atoms with van der Waals surface area (Å²) in [6.07, 6.45) is 5.68. The summed E-state index contributed by atoms with van der Waals surface area (Å²) >= 11 is 3.55. The summed E-state index contributed by atoms with van der Waals surface area (Å²) in [5.41, 5.74) is 1.17. The van der Waals surface area contributed by atoms with Crippen LogP contribution in [0.25, 0.3) is 0 Å². The van der Waals surface area contributed by atoms with E-state index in [1.54, 1.807) is 0 Å². The average Bonchev–Trinajstić information content (AvgIpc) is 2.30. The fourth-order valence-corrected chi connectivity index (χ4v) is 2.69. The molecule has 1 saturated carbocycles. The van der Waals surface area contributed by atoms with Crippen LogP contribution >= 0.6 is 15.9 Å². The molecule has 3 unspecified atom stereocenters. The summed E-state index contributed by atoms with van der Waals surface area (Å²) in [4.78, 5) is 4.31. The van der Waals surface area contributed by atoms with Crippen LogP contribution in [0.4, 0.5) is 0 Å². The maximum Gasteiger partial charge on any atom is 0.228 e. The molecule has 0 amide bonds. The minimum absolute atomic E-state index is 0.326. The van der Waals surface area contributed by atoms with E-state index in [1.807, 2.05) is 12.3 Å². The molecule has 0 N–H and O–H groups in total. The summed E-state index contributed by atoms with van der Waals surface area (Å²) in [5, 5.41) is 0. The third kappa shape index (κ3) is 3.01. The highest BCUT2D eigenvalue weighted by atomic mass is 79.9. The zero-order chi connectivity index (χ0) is 12.4. The lowest BCUT2D eigenvalue weighted by Gasteiger charge is -2.32. The third-order valence-electron chi connectivity index (χ3n) is 3.88. The topological polar surface area (TPSA) is 22.1 Å². The summed E-state index contributed by atoms with van der Waals surface area (Å²) in [6.45, 7) is 6.71. The molecule has 1 aromatic heterocycles. The van der Waals surface area contributed by atoms with Gasteiger partial charge in [0.15, 0.2) is 0 Å². The number of rotatable bonds is 2. The van der Waals surface area contributed by atoms with Crippen molar-refractivity contribution in [2.24, 2.45) is 11.8 Å². The van der Waals surface area contributed by atoms with Gasteiger partial charge in [-0.3, -0.25) is 0 Å². The number of pyridine rings is 1. The first kappa shape index (κ1) is 12.9. The number of hydrogen-bond donors (Lipinski definition) is 0. The number of hydrogen-bond acceptors (Lipinski definition) is 2. The molecule has 1 aliphatic rings. The second-order valence-corrected chi connectivity index (χ2v) is 6.05. The van der Waals surface area contributed by atoms with Crippen molar-refractivity contribution in [2.45, 2.75) is 46.1 Å². The van der Waals surface area contributed by atoms with E-state index in [0.717, 1.165) is 35.0 Å². The second-order valence-electron chi connectivity index (χ2n) is 5.25. The van der Waals surface area contributed by atoms with Gasteiger partial charge in [-0.15, -0.1) is 0 Å². The highest BCUT2D eigenvalue weighted by Crippen LogP contribution is 2.33. The molecule has 1 fully saturated rings. The van der Waals surface area contributed by atoms with Gasteiger partial charge in [0.1, 0.15) is 6.10 Å². The Labute approximate surface area is 112 Å². The molecule has 94 valence electrons. The largest absolute Gasteiger partial charge is 0.474 e. The minimum atomic E-state index is 0.326. The van der Waals surface area contributed by atoms with Crippen LogP contribution < -0.4 is 4.74 Å². The Morgan fingerprint density at radius 1 is 1.29 bits per heavy atom. The summed E-state index contributed by atoms with van der Waals surface area (Å²) in [6, 6.07) is 1.99. The van der Waals surface area contributed by atoms with Gasteiger partial charge in [0.05, 0.1) is 4.47 Å². The average molecular weight is 298 g/mol. The SMILES string of the molecule is Cc1ccnc(OC2CCC(C)C(C)C2)c1Br. The van der Waals surface area contributed by atoms with Crippen LogP contribution in [-0.4, -0.2) is 11.1 Å². The lowest BCUT2D eigenvalue weighted by atomic mass is 9.80. The van der Waals surface area contributed by atoms with Gasteiger partial charge < -0.3 is 4.74 Å². The van der Waals surface area contributed by atoms with Crippen molar-refractivity contribution in [3.63, 3.8) is 0 Å². The molecule has 17 heavy (non-hydrogen) atoms. The third-order valence-corrected chi connectivity index (χ3v) is 4.84. The Hall–Kier alpha value is -0.570. The van der Waals surface area contributed by atoms with Crippen LogP contribution in [0.15, 0.2) is 16.7 Å². The van der Waals surface area contributed by atoms with Gasteiger partial charge in [0.25, 0.3) is 0 Å². The molecule has 1 heterocycles. The maximum absolute atomic E-state index is 6.03. The lowest BCUT2D eigenvalue weighted by Crippen LogP contribution is -2.29. The zero-order valence-corrected chi connectivity index (χ0v) is 12.3. The molecule has 0 radical (unpaired) electrons. The number of aromatic nitrogens is 1. The summed E-state index contributed by atoms with van der Waals surface area (Å²) in [5.74, 6) is 2.32. The van der Waals surface area contributed by atoms with Crippen LogP contribution in [0.5, 0.6) is 5.88 Å². The van der Waals surface area contributed by atoms with Gasteiger partial charge in [-0.2, -0.15) is 0 Å². The molecule has 2 rings (SSSR count). The molecule has 0 bridgehead atoms. The zero-order valence-electron chi connectivity index (χ0n) is 10.7. The van der Waals surface area contributed by atoms with Crippen molar-refractivity contribution in [2.75, 3.05) is 0 Å². The molecule has 0 spiro atoms. The lowest BCUT2D eigenvalue weighted by molar-refractivity contribution is 0.0956. The molecule has 0 aliphatic heterocycles. The monoisotopic (exact) mass is 297 g/mol. The van der Waals surface area contributed by atoms with Gasteiger partial charge >= 0.3 is 0 Å². The van der Waals surface area contributed by atoms with E-state index < -0.39 is 0 Å². The van der Waals surface area contributed by atoms with E-state index >= 15 is 0 Å². The van der Waals surface area contributed by atoms with Gasteiger partial charge in [0.2, 0.25) is 5.88 Å². The van der Waals surface area contributed by atoms with E-state index in [1.165, 1.54) is 12.0 Å². The van der Waals surface area contributed by atoms with E-state index in [2.05, 4.69) is 41.7 Å². The molecule has 2 nitrogen and oxygen atoms in total. The quantitative estimate of drug-likeness (QED) is 0.809. The Morgan fingerprint density at radius 2 is 2.06 bits per heavy atom. The predicted molar refractivity (Wildman–Crippen MR) is 73.3 cm³/mol. The van der Waals surface area contributed by atoms with E-state index in [9.17, 15) is 0 Å². The molecular weight excluding hydrogens is 278 g/mol. The molecule has 1 aromatic rings. The Kier molecular flexibility index (Phi) is 4.08. The highest BCUT2D eigenvalue weighted by Gasteiger charge is 2.26. The van der Waals surface area contributed by atoms with Gasteiger partial charge in [-0.05, 0) is 65.6 Å². The predicted octanol–water partition coefficient (Wildman–Crippen LogP) is 4.36. The van der Waals surface area contributed by atoms with Crippen LogP contribution in [0.1, 0.15) is 38.7 Å². The molecule has 0 aromatic carbocycles. The molecule has 0 saturated heterocycles. The molecule has 3 atom stereocenters. The van der Waals surface area contributed by atoms with Gasteiger partial charge in [-0.1, -0.05) is 13.8 Å². The van der Waals surface area contributed by atoms with Crippen LogP contribution in [0, 0.1) is 18.8 Å². The van der Waals surface area contributed by atoms with Crippen molar-refractivity contribution in [3.8, 4) is 5.88 Å².